The Morgan fingerprint density at radius 2 is 0.945 bits per heavy atom. The van der Waals surface area contributed by atoms with Gasteiger partial charge in [0, 0.05) is 19.4 Å². The number of allylic oxidation sites excluding steroid dienone is 4. The molecule has 2 atom stereocenters. The standard InChI is InChI=1S/C45H86NO8P/c1-3-5-7-9-11-13-15-17-19-20-21-22-24-26-28-30-32-34-36-38-45(48)54-43(42-53-55(49,50)52-40-39-46)41-51-44(47)37-35-33-31-29-27-25-23-18-16-14-12-10-8-6-4-2/h12,14,18,23,43H,3-11,13,15-17,19-22,24-42,46H2,1-2H3,(H,49,50)/b14-12+,23-18+/t43-/m1/s1. The van der Waals surface area contributed by atoms with Gasteiger partial charge in [0.05, 0.1) is 13.2 Å². The first kappa shape index (κ1) is 53.5. The smallest absolute Gasteiger partial charge is 0.462 e. The lowest BCUT2D eigenvalue weighted by Crippen LogP contribution is -2.29. The summed E-state index contributed by atoms with van der Waals surface area (Å²) in [6.07, 6.45) is 44.9. The van der Waals surface area contributed by atoms with Crippen LogP contribution in [0.2, 0.25) is 0 Å². The highest BCUT2D eigenvalue weighted by atomic mass is 31.2. The number of rotatable bonds is 43. The Morgan fingerprint density at radius 3 is 1.42 bits per heavy atom. The van der Waals surface area contributed by atoms with Crippen molar-refractivity contribution in [1.82, 2.24) is 0 Å². The van der Waals surface area contributed by atoms with Crippen LogP contribution in [0.25, 0.3) is 0 Å². The van der Waals surface area contributed by atoms with Gasteiger partial charge in [0.1, 0.15) is 6.61 Å². The molecule has 0 saturated heterocycles. The first-order valence-electron chi connectivity index (χ1n) is 22.8. The third kappa shape index (κ3) is 41.9. The molecule has 0 bridgehead atoms. The summed E-state index contributed by atoms with van der Waals surface area (Å²) in [6, 6.07) is 0. The topological polar surface area (TPSA) is 134 Å². The number of phosphoric acid groups is 1. The molecule has 0 amide bonds. The Morgan fingerprint density at radius 1 is 0.545 bits per heavy atom. The fraction of sp³-hybridized carbons (Fsp3) is 0.867. The second-order valence-electron chi connectivity index (χ2n) is 15.3. The Balaban J connectivity index is 4.10. The molecule has 55 heavy (non-hydrogen) atoms. The third-order valence-electron chi connectivity index (χ3n) is 9.84. The second-order valence-corrected chi connectivity index (χ2v) is 16.7. The largest absolute Gasteiger partial charge is 0.472 e. The zero-order valence-electron chi connectivity index (χ0n) is 35.7. The highest BCUT2D eigenvalue weighted by Gasteiger charge is 2.26. The maximum atomic E-state index is 12.6. The number of phosphoric ester groups is 1. The highest BCUT2D eigenvalue weighted by Crippen LogP contribution is 2.43. The van der Waals surface area contributed by atoms with Crippen molar-refractivity contribution in [2.24, 2.45) is 5.73 Å². The van der Waals surface area contributed by atoms with Gasteiger partial charge in [-0.3, -0.25) is 18.6 Å². The van der Waals surface area contributed by atoms with Crippen LogP contribution in [0.5, 0.6) is 0 Å². The van der Waals surface area contributed by atoms with E-state index >= 15 is 0 Å². The normalized spacial score (nSPS) is 13.5. The maximum Gasteiger partial charge on any atom is 0.472 e. The van der Waals surface area contributed by atoms with E-state index in [4.69, 9.17) is 24.3 Å². The van der Waals surface area contributed by atoms with E-state index in [9.17, 15) is 19.0 Å². The Bertz CT molecular complexity index is 959. The molecule has 0 radical (unpaired) electrons. The highest BCUT2D eigenvalue weighted by molar-refractivity contribution is 7.47. The average molecular weight is 800 g/mol. The van der Waals surface area contributed by atoms with Gasteiger partial charge in [0.15, 0.2) is 6.10 Å². The lowest BCUT2D eigenvalue weighted by molar-refractivity contribution is -0.161. The summed E-state index contributed by atoms with van der Waals surface area (Å²) in [6.45, 7) is 3.72. The third-order valence-corrected chi connectivity index (χ3v) is 10.8. The number of unbranched alkanes of at least 4 members (excludes halogenated alkanes) is 26. The van der Waals surface area contributed by atoms with Crippen molar-refractivity contribution in [2.75, 3.05) is 26.4 Å². The van der Waals surface area contributed by atoms with Gasteiger partial charge in [-0.1, -0.05) is 186 Å². The number of esters is 2. The quantitative estimate of drug-likeness (QED) is 0.0267. The fourth-order valence-corrected chi connectivity index (χ4v) is 7.20. The van der Waals surface area contributed by atoms with Gasteiger partial charge in [-0.15, -0.1) is 0 Å². The molecule has 0 aliphatic carbocycles. The van der Waals surface area contributed by atoms with Crippen LogP contribution in [0.1, 0.15) is 219 Å². The van der Waals surface area contributed by atoms with Crippen LogP contribution in [-0.4, -0.2) is 49.3 Å². The predicted molar refractivity (Wildman–Crippen MR) is 229 cm³/mol. The van der Waals surface area contributed by atoms with Crippen molar-refractivity contribution in [3.05, 3.63) is 24.3 Å². The van der Waals surface area contributed by atoms with Crippen LogP contribution in [0.15, 0.2) is 24.3 Å². The van der Waals surface area contributed by atoms with Crippen LogP contribution in [0, 0.1) is 0 Å². The Hall–Kier alpha value is -1.51. The van der Waals surface area contributed by atoms with E-state index in [0.717, 1.165) is 57.8 Å². The van der Waals surface area contributed by atoms with Crippen LogP contribution in [0.3, 0.4) is 0 Å². The van der Waals surface area contributed by atoms with Crippen molar-refractivity contribution in [1.29, 1.82) is 0 Å². The van der Waals surface area contributed by atoms with Crippen molar-refractivity contribution < 1.29 is 37.6 Å². The summed E-state index contributed by atoms with van der Waals surface area (Å²) in [5, 5.41) is 0. The van der Waals surface area contributed by atoms with E-state index < -0.39 is 32.5 Å². The number of nitrogens with two attached hydrogens (primary N) is 1. The van der Waals surface area contributed by atoms with Gasteiger partial charge in [0.25, 0.3) is 0 Å². The lowest BCUT2D eigenvalue weighted by atomic mass is 10.0. The molecule has 3 N–H and O–H groups in total. The summed E-state index contributed by atoms with van der Waals surface area (Å²) in [5.41, 5.74) is 5.35. The van der Waals surface area contributed by atoms with Gasteiger partial charge < -0.3 is 20.1 Å². The molecular weight excluding hydrogens is 713 g/mol. The zero-order valence-corrected chi connectivity index (χ0v) is 36.6. The van der Waals surface area contributed by atoms with Crippen molar-refractivity contribution in [2.45, 2.75) is 225 Å². The minimum Gasteiger partial charge on any atom is -0.462 e. The Labute approximate surface area is 338 Å². The molecule has 1 unspecified atom stereocenters. The monoisotopic (exact) mass is 800 g/mol. The van der Waals surface area contributed by atoms with Crippen molar-refractivity contribution >= 4 is 19.8 Å². The minimum atomic E-state index is -4.38. The second kappa shape index (κ2) is 42.1. The molecule has 0 aliphatic rings. The minimum absolute atomic E-state index is 0.0531. The van der Waals surface area contributed by atoms with Gasteiger partial charge in [0.2, 0.25) is 0 Å². The van der Waals surface area contributed by atoms with Crippen molar-refractivity contribution in [3.8, 4) is 0 Å². The lowest BCUT2D eigenvalue weighted by Gasteiger charge is -2.19. The molecule has 0 heterocycles. The van der Waals surface area contributed by atoms with E-state index in [0.29, 0.717) is 6.42 Å². The molecule has 10 heteroatoms. The molecule has 0 fully saturated rings. The average Bonchev–Trinajstić information content (AvgIpc) is 3.17. The first-order valence-corrected chi connectivity index (χ1v) is 24.3. The molecule has 0 aromatic carbocycles. The van der Waals surface area contributed by atoms with Gasteiger partial charge >= 0.3 is 19.8 Å². The van der Waals surface area contributed by atoms with E-state index in [2.05, 4.69) is 38.2 Å². The van der Waals surface area contributed by atoms with Gasteiger partial charge in [-0.2, -0.15) is 0 Å². The van der Waals surface area contributed by atoms with E-state index in [1.165, 1.54) is 128 Å². The zero-order chi connectivity index (χ0) is 40.3. The van der Waals surface area contributed by atoms with Crippen LogP contribution in [-0.2, 0) is 32.7 Å². The van der Waals surface area contributed by atoms with Gasteiger partial charge in [-0.25, -0.2) is 4.57 Å². The fourth-order valence-electron chi connectivity index (χ4n) is 6.43. The van der Waals surface area contributed by atoms with E-state index in [-0.39, 0.29) is 32.6 Å². The first-order chi connectivity index (χ1) is 26.8. The number of hydrogen-bond donors (Lipinski definition) is 2. The van der Waals surface area contributed by atoms with Crippen LogP contribution in [0.4, 0.5) is 0 Å². The molecular formula is C45H86NO8P. The number of carbonyl (C=O) groups is 2. The number of hydrogen-bond acceptors (Lipinski definition) is 8. The molecule has 0 aromatic heterocycles. The van der Waals surface area contributed by atoms with Crippen molar-refractivity contribution in [3.63, 3.8) is 0 Å². The summed E-state index contributed by atoms with van der Waals surface area (Å²) in [5.74, 6) is -0.835. The molecule has 324 valence electrons. The SMILES string of the molecule is CCCCC/C=C/C/C=C/CCCCCCCC(=O)OC[C@H](COP(=O)(O)OCCN)OC(=O)CCCCCCCCCCCCCCCCCCCCC. The Kier molecular flexibility index (Phi) is 40.9. The summed E-state index contributed by atoms with van der Waals surface area (Å²) >= 11 is 0. The number of carbonyl (C=O) groups excluding carboxylic acids is 2. The van der Waals surface area contributed by atoms with Crippen LogP contribution < -0.4 is 5.73 Å². The summed E-state index contributed by atoms with van der Waals surface area (Å²) in [7, 11) is -4.38. The molecule has 0 spiro atoms. The van der Waals surface area contributed by atoms with E-state index in [1.807, 2.05) is 0 Å². The summed E-state index contributed by atoms with van der Waals surface area (Å²) in [4.78, 5) is 34.9. The molecule has 9 nitrogen and oxygen atoms in total. The predicted octanol–water partition coefficient (Wildman–Crippen LogP) is 13.2. The van der Waals surface area contributed by atoms with Gasteiger partial charge in [-0.05, 0) is 44.9 Å². The molecule has 0 saturated carbocycles. The van der Waals surface area contributed by atoms with E-state index in [1.54, 1.807) is 0 Å². The molecule has 0 aromatic rings. The summed E-state index contributed by atoms with van der Waals surface area (Å²) < 4.78 is 32.8. The maximum absolute atomic E-state index is 12.6. The van der Waals surface area contributed by atoms with Crippen LogP contribution >= 0.6 is 7.82 Å². The molecule has 0 rings (SSSR count). The number of ether oxygens (including phenoxy) is 2. The molecule has 0 aliphatic heterocycles.